The van der Waals surface area contributed by atoms with Gasteiger partial charge in [-0.15, -0.1) is 0 Å². The van der Waals surface area contributed by atoms with Crippen LogP contribution in [-0.4, -0.2) is 45.9 Å². The van der Waals surface area contributed by atoms with Crippen molar-refractivity contribution in [2.24, 2.45) is 0 Å². The molecule has 0 radical (unpaired) electrons. The van der Waals surface area contributed by atoms with E-state index in [1.165, 1.54) is 0 Å². The van der Waals surface area contributed by atoms with Crippen molar-refractivity contribution >= 4 is 22.6 Å². The molecular weight excluding hydrogens is 310 g/mol. The molecule has 24 heavy (non-hydrogen) atoms. The Labute approximate surface area is 140 Å². The van der Waals surface area contributed by atoms with E-state index in [-0.39, 0.29) is 18.9 Å². The number of ether oxygens (including phenoxy) is 3. The van der Waals surface area contributed by atoms with Gasteiger partial charge < -0.3 is 19.5 Å². The fraction of sp³-hybridized carbons (Fsp3) is 0.333. The van der Waals surface area contributed by atoms with Crippen LogP contribution in [0, 0.1) is 0 Å². The minimum absolute atomic E-state index is 0.118. The summed E-state index contributed by atoms with van der Waals surface area (Å²) in [6, 6.07) is 11.5. The van der Waals surface area contributed by atoms with Gasteiger partial charge in [0.25, 0.3) is 5.91 Å². The van der Waals surface area contributed by atoms with E-state index in [1.54, 1.807) is 14.2 Å². The van der Waals surface area contributed by atoms with Gasteiger partial charge in [-0.1, -0.05) is 24.3 Å². The molecular formula is C18H21NO5. The van der Waals surface area contributed by atoms with Crippen LogP contribution in [0.25, 0.3) is 10.8 Å². The first kappa shape index (κ1) is 17.7. The summed E-state index contributed by atoms with van der Waals surface area (Å²) in [4.78, 5) is 23.3. The van der Waals surface area contributed by atoms with Gasteiger partial charge in [-0.05, 0) is 28.5 Å². The average Bonchev–Trinajstić information content (AvgIpc) is 2.59. The molecule has 128 valence electrons. The van der Waals surface area contributed by atoms with E-state index < -0.39 is 5.97 Å². The second kappa shape index (κ2) is 8.88. The molecule has 0 aliphatic rings. The van der Waals surface area contributed by atoms with Crippen LogP contribution in [0.4, 0.5) is 0 Å². The van der Waals surface area contributed by atoms with Gasteiger partial charge in [-0.3, -0.25) is 9.59 Å². The summed E-state index contributed by atoms with van der Waals surface area (Å²) in [6.07, 6.45) is 0.118. The Balaban J connectivity index is 1.87. The van der Waals surface area contributed by atoms with Gasteiger partial charge >= 0.3 is 5.97 Å². The number of fused-ring (bicyclic) bond motifs is 1. The predicted octanol–water partition coefficient (Wildman–Crippen LogP) is 1.70. The standard InChI is InChI=1S/C18H21NO5/c1-22-8-7-19-17(20)12-24-18(21)10-13-3-4-15-11-16(23-2)6-5-14(15)9-13/h3-6,9,11H,7-8,10,12H2,1-2H3,(H,19,20). The van der Waals surface area contributed by atoms with Crippen molar-refractivity contribution in [3.8, 4) is 5.75 Å². The summed E-state index contributed by atoms with van der Waals surface area (Å²) in [5.74, 6) is 0.00454. The van der Waals surface area contributed by atoms with E-state index in [1.807, 2.05) is 36.4 Å². The third-order valence-electron chi connectivity index (χ3n) is 3.45. The fourth-order valence-electron chi connectivity index (χ4n) is 2.22. The summed E-state index contributed by atoms with van der Waals surface area (Å²) in [5.41, 5.74) is 0.831. The summed E-state index contributed by atoms with van der Waals surface area (Å²) in [5, 5.41) is 4.63. The SMILES string of the molecule is COCCNC(=O)COC(=O)Cc1ccc2cc(OC)ccc2c1. The molecule has 0 aliphatic heterocycles. The van der Waals surface area contributed by atoms with Crippen molar-refractivity contribution in [1.82, 2.24) is 5.32 Å². The number of amides is 1. The normalized spacial score (nSPS) is 10.4. The fourth-order valence-corrected chi connectivity index (χ4v) is 2.22. The lowest BCUT2D eigenvalue weighted by Crippen LogP contribution is -2.31. The van der Waals surface area contributed by atoms with Gasteiger partial charge in [0.15, 0.2) is 6.61 Å². The quantitative estimate of drug-likeness (QED) is 0.589. The van der Waals surface area contributed by atoms with Gasteiger partial charge in [-0.25, -0.2) is 0 Å². The number of esters is 1. The molecule has 0 unspecified atom stereocenters. The number of hydrogen-bond donors (Lipinski definition) is 1. The summed E-state index contributed by atoms with van der Waals surface area (Å²) < 4.78 is 15.0. The number of benzene rings is 2. The molecule has 0 bridgehead atoms. The number of hydrogen-bond acceptors (Lipinski definition) is 5. The van der Waals surface area contributed by atoms with E-state index >= 15 is 0 Å². The molecule has 1 N–H and O–H groups in total. The van der Waals surface area contributed by atoms with Crippen molar-refractivity contribution in [2.75, 3.05) is 34.0 Å². The Morgan fingerprint density at radius 3 is 2.54 bits per heavy atom. The van der Waals surface area contributed by atoms with E-state index in [0.717, 1.165) is 22.1 Å². The zero-order valence-corrected chi connectivity index (χ0v) is 13.8. The lowest BCUT2D eigenvalue weighted by molar-refractivity contribution is -0.147. The van der Waals surface area contributed by atoms with Crippen molar-refractivity contribution in [3.05, 3.63) is 42.0 Å². The van der Waals surface area contributed by atoms with Crippen molar-refractivity contribution < 1.29 is 23.8 Å². The van der Waals surface area contributed by atoms with Gasteiger partial charge in [0.1, 0.15) is 5.75 Å². The maximum absolute atomic E-state index is 11.8. The third-order valence-corrected chi connectivity index (χ3v) is 3.45. The highest BCUT2D eigenvalue weighted by molar-refractivity contribution is 5.86. The first-order valence-corrected chi connectivity index (χ1v) is 7.60. The third kappa shape index (κ3) is 5.24. The van der Waals surface area contributed by atoms with E-state index in [4.69, 9.17) is 14.2 Å². The van der Waals surface area contributed by atoms with E-state index in [2.05, 4.69) is 5.32 Å². The van der Waals surface area contributed by atoms with Crippen LogP contribution in [-0.2, 0) is 25.5 Å². The number of rotatable bonds is 8. The van der Waals surface area contributed by atoms with E-state index in [9.17, 15) is 9.59 Å². The molecule has 6 nitrogen and oxygen atoms in total. The summed E-state index contributed by atoms with van der Waals surface area (Å²) in [7, 11) is 3.17. The number of carbonyl (C=O) groups excluding carboxylic acids is 2. The molecule has 0 atom stereocenters. The first-order valence-electron chi connectivity index (χ1n) is 7.60. The molecule has 2 aromatic carbocycles. The molecule has 6 heteroatoms. The Hall–Kier alpha value is -2.60. The molecule has 2 rings (SSSR count). The number of carbonyl (C=O) groups is 2. The van der Waals surface area contributed by atoms with Crippen LogP contribution in [0.3, 0.4) is 0 Å². The Kier molecular flexibility index (Phi) is 6.57. The zero-order valence-electron chi connectivity index (χ0n) is 13.8. The maximum Gasteiger partial charge on any atom is 0.310 e. The van der Waals surface area contributed by atoms with Crippen LogP contribution in [0.1, 0.15) is 5.56 Å². The molecule has 0 aliphatic carbocycles. The average molecular weight is 331 g/mol. The van der Waals surface area contributed by atoms with Gasteiger partial charge in [0, 0.05) is 13.7 Å². The second-order valence-electron chi connectivity index (χ2n) is 5.23. The van der Waals surface area contributed by atoms with Gasteiger partial charge in [-0.2, -0.15) is 0 Å². The minimum Gasteiger partial charge on any atom is -0.497 e. The van der Waals surface area contributed by atoms with Crippen LogP contribution < -0.4 is 10.1 Å². The van der Waals surface area contributed by atoms with Gasteiger partial charge in [0.05, 0.1) is 20.1 Å². The Morgan fingerprint density at radius 2 is 1.79 bits per heavy atom. The molecule has 0 heterocycles. The molecule has 0 aromatic heterocycles. The van der Waals surface area contributed by atoms with Crippen LogP contribution in [0.5, 0.6) is 5.75 Å². The molecule has 0 saturated heterocycles. The second-order valence-corrected chi connectivity index (χ2v) is 5.23. The highest BCUT2D eigenvalue weighted by Gasteiger charge is 2.09. The minimum atomic E-state index is -0.440. The summed E-state index contributed by atoms with van der Waals surface area (Å²) in [6.45, 7) is 0.524. The van der Waals surface area contributed by atoms with Crippen molar-refractivity contribution in [3.63, 3.8) is 0 Å². The van der Waals surface area contributed by atoms with Crippen LogP contribution in [0.2, 0.25) is 0 Å². The molecule has 0 saturated carbocycles. The van der Waals surface area contributed by atoms with E-state index in [0.29, 0.717) is 13.2 Å². The highest BCUT2D eigenvalue weighted by Crippen LogP contribution is 2.22. The monoisotopic (exact) mass is 331 g/mol. The Bertz CT molecular complexity index is 714. The highest BCUT2D eigenvalue weighted by atomic mass is 16.5. The zero-order chi connectivity index (χ0) is 17.4. The molecule has 0 spiro atoms. The van der Waals surface area contributed by atoms with Gasteiger partial charge in [0.2, 0.25) is 0 Å². The van der Waals surface area contributed by atoms with Crippen LogP contribution >= 0.6 is 0 Å². The maximum atomic E-state index is 11.8. The Morgan fingerprint density at radius 1 is 1.04 bits per heavy atom. The lowest BCUT2D eigenvalue weighted by Gasteiger charge is -2.07. The lowest BCUT2D eigenvalue weighted by atomic mass is 10.0. The smallest absolute Gasteiger partial charge is 0.310 e. The molecule has 1 amide bonds. The van der Waals surface area contributed by atoms with Crippen LogP contribution in [0.15, 0.2) is 36.4 Å². The first-order chi connectivity index (χ1) is 11.6. The van der Waals surface area contributed by atoms with Crippen molar-refractivity contribution in [2.45, 2.75) is 6.42 Å². The van der Waals surface area contributed by atoms with Crippen molar-refractivity contribution in [1.29, 1.82) is 0 Å². The largest absolute Gasteiger partial charge is 0.497 e. The molecule has 0 fully saturated rings. The number of nitrogens with one attached hydrogen (secondary N) is 1. The number of methoxy groups -OCH3 is 2. The summed E-state index contributed by atoms with van der Waals surface area (Å²) >= 11 is 0. The molecule has 2 aromatic rings. The topological polar surface area (TPSA) is 73.9 Å². The predicted molar refractivity (Wildman–Crippen MR) is 90.0 cm³/mol.